The van der Waals surface area contributed by atoms with E-state index in [0.717, 1.165) is 11.3 Å². The zero-order valence-corrected chi connectivity index (χ0v) is 15.1. The summed E-state index contributed by atoms with van der Waals surface area (Å²) in [6.07, 6.45) is 2.79. The van der Waals surface area contributed by atoms with Gasteiger partial charge in [-0.05, 0) is 38.0 Å². The number of piperidine rings is 1. The highest BCUT2D eigenvalue weighted by Crippen LogP contribution is 2.26. The number of rotatable bonds is 5. The van der Waals surface area contributed by atoms with Gasteiger partial charge in [-0.3, -0.25) is 9.59 Å². The maximum absolute atomic E-state index is 12.6. The second-order valence-corrected chi connectivity index (χ2v) is 6.52. The van der Waals surface area contributed by atoms with Gasteiger partial charge in [0.2, 0.25) is 5.91 Å². The summed E-state index contributed by atoms with van der Waals surface area (Å²) in [6.45, 7) is 3.06. The fourth-order valence-corrected chi connectivity index (χ4v) is 3.33. The number of nitrogens with zero attached hydrogens (tertiary/aromatic N) is 1. The quantitative estimate of drug-likeness (QED) is 0.894. The molecule has 2 aromatic rings. The molecule has 1 aromatic carbocycles. The minimum absolute atomic E-state index is 0.0218. The molecule has 3 rings (SSSR count). The molecule has 0 radical (unpaired) electrons. The number of amides is 2. The smallest absolute Gasteiger partial charge is 0.289 e. The molecular weight excluding hydrogens is 332 g/mol. The fraction of sp³-hybridized carbons (Fsp3) is 0.400. The van der Waals surface area contributed by atoms with Crippen molar-refractivity contribution in [2.45, 2.75) is 25.8 Å². The van der Waals surface area contributed by atoms with Gasteiger partial charge in [-0.25, -0.2) is 0 Å². The van der Waals surface area contributed by atoms with E-state index in [1.807, 2.05) is 31.2 Å². The van der Waals surface area contributed by atoms with Crippen LogP contribution in [0.15, 0.2) is 47.1 Å². The van der Waals surface area contributed by atoms with E-state index in [2.05, 4.69) is 5.32 Å². The van der Waals surface area contributed by atoms with Crippen LogP contribution in [0.2, 0.25) is 0 Å². The Balaban J connectivity index is 1.54. The summed E-state index contributed by atoms with van der Waals surface area (Å²) in [4.78, 5) is 26.6. The van der Waals surface area contributed by atoms with Crippen molar-refractivity contribution in [2.75, 3.05) is 20.2 Å². The molecule has 1 saturated heterocycles. The Morgan fingerprint density at radius 2 is 1.92 bits per heavy atom. The lowest BCUT2D eigenvalue weighted by Gasteiger charge is -2.31. The number of hydrogen-bond acceptors (Lipinski definition) is 4. The van der Waals surface area contributed by atoms with Crippen molar-refractivity contribution in [3.05, 3.63) is 54.0 Å². The summed E-state index contributed by atoms with van der Waals surface area (Å²) in [5, 5.41) is 3.07. The predicted molar refractivity (Wildman–Crippen MR) is 96.9 cm³/mol. The molecule has 0 saturated carbocycles. The lowest BCUT2D eigenvalue weighted by Crippen LogP contribution is -2.43. The summed E-state index contributed by atoms with van der Waals surface area (Å²) in [6, 6.07) is 10.9. The number of ether oxygens (including phenoxy) is 1. The van der Waals surface area contributed by atoms with Gasteiger partial charge >= 0.3 is 0 Å². The van der Waals surface area contributed by atoms with Crippen molar-refractivity contribution in [2.24, 2.45) is 5.92 Å². The molecule has 1 aliphatic rings. The summed E-state index contributed by atoms with van der Waals surface area (Å²) < 4.78 is 10.5. The average Bonchev–Trinajstić information content (AvgIpc) is 3.22. The van der Waals surface area contributed by atoms with E-state index in [0.29, 0.717) is 31.7 Å². The van der Waals surface area contributed by atoms with Crippen molar-refractivity contribution in [3.8, 4) is 5.75 Å². The van der Waals surface area contributed by atoms with Gasteiger partial charge in [0.25, 0.3) is 5.91 Å². The van der Waals surface area contributed by atoms with Crippen LogP contribution in [0.1, 0.15) is 41.9 Å². The van der Waals surface area contributed by atoms with Gasteiger partial charge in [0.05, 0.1) is 19.4 Å². The minimum atomic E-state index is -0.138. The zero-order valence-electron chi connectivity index (χ0n) is 15.1. The monoisotopic (exact) mass is 356 g/mol. The summed E-state index contributed by atoms with van der Waals surface area (Å²) >= 11 is 0. The molecule has 138 valence electrons. The van der Waals surface area contributed by atoms with Crippen LogP contribution in [0.5, 0.6) is 5.75 Å². The van der Waals surface area contributed by atoms with E-state index >= 15 is 0 Å². The SMILES string of the molecule is COc1ccccc1C(C)NC(=O)C1CCN(C(=O)c2ccco2)CC1. The molecule has 0 bridgehead atoms. The first-order chi connectivity index (χ1) is 12.6. The van der Waals surface area contributed by atoms with Gasteiger partial charge in [0, 0.05) is 24.6 Å². The van der Waals surface area contributed by atoms with E-state index < -0.39 is 0 Å². The van der Waals surface area contributed by atoms with Crippen LogP contribution in [0.3, 0.4) is 0 Å². The Hall–Kier alpha value is -2.76. The topological polar surface area (TPSA) is 71.8 Å². The van der Waals surface area contributed by atoms with Gasteiger partial charge < -0.3 is 19.4 Å². The fourth-order valence-electron chi connectivity index (χ4n) is 3.33. The van der Waals surface area contributed by atoms with Crippen molar-refractivity contribution < 1.29 is 18.7 Å². The molecule has 0 spiro atoms. The maximum atomic E-state index is 12.6. The first-order valence-corrected chi connectivity index (χ1v) is 8.86. The van der Waals surface area contributed by atoms with Crippen LogP contribution in [-0.2, 0) is 4.79 Å². The second kappa shape index (κ2) is 8.08. The number of benzene rings is 1. The third-order valence-corrected chi connectivity index (χ3v) is 4.85. The number of para-hydroxylation sites is 1. The number of hydrogen-bond donors (Lipinski definition) is 1. The Bertz CT molecular complexity index is 749. The van der Waals surface area contributed by atoms with Crippen LogP contribution in [0, 0.1) is 5.92 Å². The lowest BCUT2D eigenvalue weighted by molar-refractivity contribution is -0.127. The first-order valence-electron chi connectivity index (χ1n) is 8.86. The van der Waals surface area contributed by atoms with Gasteiger partial charge in [0.1, 0.15) is 5.75 Å². The molecule has 1 aromatic heterocycles. The molecular formula is C20H24N2O4. The highest BCUT2D eigenvalue weighted by atomic mass is 16.5. The highest BCUT2D eigenvalue weighted by Gasteiger charge is 2.29. The van der Waals surface area contributed by atoms with Crippen molar-refractivity contribution in [3.63, 3.8) is 0 Å². The molecule has 1 atom stereocenters. The molecule has 2 amide bonds. The summed E-state index contributed by atoms with van der Waals surface area (Å²) in [5.41, 5.74) is 0.953. The van der Waals surface area contributed by atoms with Crippen LogP contribution in [0.4, 0.5) is 0 Å². The molecule has 0 aliphatic carbocycles. The lowest BCUT2D eigenvalue weighted by atomic mass is 9.95. The van der Waals surface area contributed by atoms with E-state index in [1.54, 1.807) is 24.1 Å². The van der Waals surface area contributed by atoms with Crippen molar-refractivity contribution in [1.29, 1.82) is 0 Å². The number of methoxy groups -OCH3 is 1. The number of carbonyl (C=O) groups is 2. The minimum Gasteiger partial charge on any atom is -0.496 e. The van der Waals surface area contributed by atoms with Crippen molar-refractivity contribution >= 4 is 11.8 Å². The molecule has 2 heterocycles. The van der Waals surface area contributed by atoms with E-state index in [1.165, 1.54) is 6.26 Å². The normalized spacial score (nSPS) is 16.2. The first kappa shape index (κ1) is 18.0. The summed E-state index contributed by atoms with van der Waals surface area (Å²) in [7, 11) is 1.62. The molecule has 1 N–H and O–H groups in total. The molecule has 1 unspecified atom stereocenters. The number of furan rings is 1. The van der Waals surface area contributed by atoms with Crippen LogP contribution in [-0.4, -0.2) is 36.9 Å². The molecule has 1 aliphatic heterocycles. The van der Waals surface area contributed by atoms with E-state index in [-0.39, 0.29) is 23.8 Å². The standard InChI is InChI=1S/C20H24N2O4/c1-14(16-6-3-4-7-17(16)25-2)21-19(23)15-9-11-22(12-10-15)20(24)18-8-5-13-26-18/h3-8,13-15H,9-12H2,1-2H3,(H,21,23). The predicted octanol–water partition coefficient (Wildman–Crippen LogP) is 3.02. The zero-order chi connectivity index (χ0) is 18.5. The molecule has 6 heteroatoms. The summed E-state index contributed by atoms with van der Waals surface area (Å²) in [5.74, 6) is 0.925. The van der Waals surface area contributed by atoms with Crippen LogP contribution in [0.25, 0.3) is 0 Å². The largest absolute Gasteiger partial charge is 0.496 e. The Labute approximate surface area is 153 Å². The number of likely N-dealkylation sites (tertiary alicyclic amines) is 1. The van der Waals surface area contributed by atoms with Gasteiger partial charge in [-0.2, -0.15) is 0 Å². The highest BCUT2D eigenvalue weighted by molar-refractivity contribution is 5.91. The third-order valence-electron chi connectivity index (χ3n) is 4.85. The van der Waals surface area contributed by atoms with Crippen LogP contribution < -0.4 is 10.1 Å². The van der Waals surface area contributed by atoms with Crippen LogP contribution >= 0.6 is 0 Å². The Kier molecular flexibility index (Phi) is 5.61. The Morgan fingerprint density at radius 3 is 2.58 bits per heavy atom. The molecule has 1 fully saturated rings. The average molecular weight is 356 g/mol. The molecule has 6 nitrogen and oxygen atoms in total. The van der Waals surface area contributed by atoms with E-state index in [9.17, 15) is 9.59 Å². The third kappa shape index (κ3) is 3.90. The van der Waals surface area contributed by atoms with Gasteiger partial charge in [-0.15, -0.1) is 0 Å². The number of carbonyl (C=O) groups excluding carboxylic acids is 2. The van der Waals surface area contributed by atoms with Gasteiger partial charge in [0.15, 0.2) is 5.76 Å². The van der Waals surface area contributed by atoms with Gasteiger partial charge in [-0.1, -0.05) is 18.2 Å². The second-order valence-electron chi connectivity index (χ2n) is 6.52. The number of nitrogens with one attached hydrogen (secondary N) is 1. The molecule has 26 heavy (non-hydrogen) atoms. The maximum Gasteiger partial charge on any atom is 0.289 e. The van der Waals surface area contributed by atoms with Crippen molar-refractivity contribution in [1.82, 2.24) is 10.2 Å². The van der Waals surface area contributed by atoms with E-state index in [4.69, 9.17) is 9.15 Å². The Morgan fingerprint density at radius 1 is 1.19 bits per heavy atom.